The van der Waals surface area contributed by atoms with Crippen molar-refractivity contribution in [1.29, 1.82) is 0 Å². The van der Waals surface area contributed by atoms with Crippen LogP contribution in [0.2, 0.25) is 0 Å². The molecule has 1 aliphatic rings. The zero-order chi connectivity index (χ0) is 14.6. The van der Waals surface area contributed by atoms with Crippen molar-refractivity contribution >= 4 is 21.4 Å². The Morgan fingerprint density at radius 2 is 2.05 bits per heavy atom. The normalized spacial score (nSPS) is 17.1. The Balaban J connectivity index is 1.91. The lowest BCUT2D eigenvalue weighted by Crippen LogP contribution is -2.28. The molecular weight excluding hydrogens is 292 g/mol. The van der Waals surface area contributed by atoms with Gasteiger partial charge in [0.1, 0.15) is 0 Å². The van der Waals surface area contributed by atoms with Crippen LogP contribution in [0.25, 0.3) is 0 Å². The minimum atomic E-state index is -3.33. The van der Waals surface area contributed by atoms with E-state index in [-0.39, 0.29) is 0 Å². The van der Waals surface area contributed by atoms with E-state index >= 15 is 0 Å². The van der Waals surface area contributed by atoms with E-state index in [1.807, 2.05) is 0 Å². The molecule has 1 heterocycles. The molecule has 0 saturated heterocycles. The van der Waals surface area contributed by atoms with Gasteiger partial charge in [-0.1, -0.05) is 26.7 Å². The highest BCUT2D eigenvalue weighted by Gasteiger charge is 2.20. The van der Waals surface area contributed by atoms with Crippen LogP contribution in [0.5, 0.6) is 0 Å². The van der Waals surface area contributed by atoms with E-state index in [0.717, 1.165) is 24.3 Å². The molecule has 20 heavy (non-hydrogen) atoms. The number of rotatable bonds is 7. The molecular formula is C14H24N2O2S2. The van der Waals surface area contributed by atoms with Gasteiger partial charge in [-0.2, -0.15) is 0 Å². The lowest BCUT2D eigenvalue weighted by atomic mass is 10.1. The summed E-state index contributed by atoms with van der Waals surface area (Å²) in [6, 6.07) is 2.18. The van der Waals surface area contributed by atoms with Crippen molar-refractivity contribution in [2.24, 2.45) is 5.92 Å². The largest absolute Gasteiger partial charge is 0.310 e. The Kier molecular flexibility index (Phi) is 5.60. The average molecular weight is 316 g/mol. The first kappa shape index (κ1) is 15.9. The topological polar surface area (TPSA) is 58.2 Å². The van der Waals surface area contributed by atoms with E-state index in [1.54, 1.807) is 11.4 Å². The quantitative estimate of drug-likeness (QED) is 0.813. The Hall–Kier alpha value is -0.430. The molecule has 6 heteroatoms. The van der Waals surface area contributed by atoms with Crippen LogP contribution in [0.15, 0.2) is 16.3 Å². The molecule has 1 aromatic rings. The van der Waals surface area contributed by atoms with Gasteiger partial charge in [0.25, 0.3) is 0 Å². The van der Waals surface area contributed by atoms with Gasteiger partial charge >= 0.3 is 0 Å². The molecule has 0 radical (unpaired) electrons. The summed E-state index contributed by atoms with van der Waals surface area (Å²) in [5, 5.41) is 5.03. The minimum absolute atomic E-state index is 0.401. The Labute approximate surface area is 126 Å². The Morgan fingerprint density at radius 1 is 1.35 bits per heavy atom. The number of thiophene rings is 1. The van der Waals surface area contributed by atoms with Gasteiger partial charge in [0.15, 0.2) is 0 Å². The number of hydrogen-bond donors (Lipinski definition) is 2. The highest BCUT2D eigenvalue weighted by Crippen LogP contribution is 2.25. The van der Waals surface area contributed by atoms with Gasteiger partial charge in [-0.3, -0.25) is 0 Å². The zero-order valence-electron chi connectivity index (χ0n) is 12.2. The number of nitrogens with one attached hydrogen (secondary N) is 2. The lowest BCUT2D eigenvalue weighted by molar-refractivity contribution is 0.519. The van der Waals surface area contributed by atoms with E-state index in [2.05, 4.69) is 23.9 Å². The third-order valence-corrected chi connectivity index (χ3v) is 6.15. The third kappa shape index (κ3) is 4.55. The van der Waals surface area contributed by atoms with Gasteiger partial charge in [-0.05, 0) is 24.8 Å². The predicted molar refractivity (Wildman–Crippen MR) is 83.4 cm³/mol. The first-order chi connectivity index (χ1) is 9.47. The summed E-state index contributed by atoms with van der Waals surface area (Å²) >= 11 is 1.49. The molecule has 0 atom stereocenters. The zero-order valence-corrected chi connectivity index (χ0v) is 13.8. The molecule has 0 aromatic carbocycles. The second-order valence-corrected chi connectivity index (χ2v) is 8.55. The molecule has 2 N–H and O–H groups in total. The van der Waals surface area contributed by atoms with E-state index in [9.17, 15) is 8.42 Å². The highest BCUT2D eigenvalue weighted by molar-refractivity contribution is 7.89. The van der Waals surface area contributed by atoms with Crippen molar-refractivity contribution in [1.82, 2.24) is 10.0 Å². The van der Waals surface area contributed by atoms with Gasteiger partial charge in [0.2, 0.25) is 10.0 Å². The summed E-state index contributed by atoms with van der Waals surface area (Å²) in [4.78, 5) is 1.46. The smallest absolute Gasteiger partial charge is 0.241 e. The molecule has 114 valence electrons. The van der Waals surface area contributed by atoms with Crippen molar-refractivity contribution in [3.8, 4) is 0 Å². The second kappa shape index (κ2) is 7.02. The fourth-order valence-electron chi connectivity index (χ4n) is 2.42. The van der Waals surface area contributed by atoms with Crippen LogP contribution >= 0.6 is 11.3 Å². The Morgan fingerprint density at radius 3 is 2.70 bits per heavy atom. The van der Waals surface area contributed by atoms with Gasteiger partial charge in [0.05, 0.1) is 4.90 Å². The van der Waals surface area contributed by atoms with Crippen LogP contribution in [0.4, 0.5) is 0 Å². The van der Waals surface area contributed by atoms with Crippen LogP contribution in [0, 0.1) is 5.92 Å². The maximum absolute atomic E-state index is 12.2. The van der Waals surface area contributed by atoms with Crippen LogP contribution in [-0.2, 0) is 16.6 Å². The van der Waals surface area contributed by atoms with Crippen LogP contribution in [-0.4, -0.2) is 21.0 Å². The second-order valence-electron chi connectivity index (χ2n) is 5.79. The SMILES string of the molecule is CC(C)NCc1cc(S(=O)(=O)NCC2CCCC2)cs1. The molecule has 1 aromatic heterocycles. The van der Waals surface area contributed by atoms with Crippen LogP contribution in [0.1, 0.15) is 44.4 Å². The maximum Gasteiger partial charge on any atom is 0.241 e. The molecule has 4 nitrogen and oxygen atoms in total. The molecule has 0 unspecified atom stereocenters. The van der Waals surface area contributed by atoms with Crippen LogP contribution in [0.3, 0.4) is 0 Å². The van der Waals surface area contributed by atoms with E-state index < -0.39 is 10.0 Å². The Bertz CT molecular complexity index is 517. The molecule has 2 rings (SSSR count). The van der Waals surface area contributed by atoms with Crippen molar-refractivity contribution in [3.05, 3.63) is 16.3 Å². The van der Waals surface area contributed by atoms with Gasteiger partial charge in [-0.25, -0.2) is 13.1 Å². The molecule has 0 aliphatic heterocycles. The lowest BCUT2D eigenvalue weighted by Gasteiger charge is -2.10. The molecule has 0 bridgehead atoms. The standard InChI is InChI=1S/C14H24N2O2S2/c1-11(2)15-9-13-7-14(10-19-13)20(17,18)16-8-12-5-3-4-6-12/h7,10-12,15-16H,3-6,8-9H2,1-2H3. The first-order valence-corrected chi connectivity index (χ1v) is 9.64. The molecule has 1 saturated carbocycles. The summed E-state index contributed by atoms with van der Waals surface area (Å²) < 4.78 is 27.2. The summed E-state index contributed by atoms with van der Waals surface area (Å²) in [5.74, 6) is 0.519. The van der Waals surface area contributed by atoms with Crippen molar-refractivity contribution < 1.29 is 8.42 Å². The molecule has 0 amide bonds. The van der Waals surface area contributed by atoms with E-state index in [4.69, 9.17) is 0 Å². The maximum atomic E-state index is 12.2. The van der Waals surface area contributed by atoms with Gasteiger partial charge in [0, 0.05) is 29.4 Å². The molecule has 1 fully saturated rings. The summed E-state index contributed by atoms with van der Waals surface area (Å²) in [6.07, 6.45) is 4.76. The van der Waals surface area contributed by atoms with Crippen molar-refractivity contribution in [3.63, 3.8) is 0 Å². The monoisotopic (exact) mass is 316 g/mol. The summed E-state index contributed by atoms with van der Waals surface area (Å²) in [6.45, 7) is 5.46. The van der Waals surface area contributed by atoms with E-state index in [1.165, 1.54) is 24.2 Å². The van der Waals surface area contributed by atoms with Crippen molar-refractivity contribution in [2.75, 3.05) is 6.54 Å². The van der Waals surface area contributed by atoms with Crippen molar-refractivity contribution in [2.45, 2.75) is 57.0 Å². The average Bonchev–Trinajstić information content (AvgIpc) is 3.05. The number of hydrogen-bond acceptors (Lipinski definition) is 4. The van der Waals surface area contributed by atoms with E-state index in [0.29, 0.717) is 23.4 Å². The van der Waals surface area contributed by atoms with Gasteiger partial charge in [-0.15, -0.1) is 11.3 Å². The number of sulfonamides is 1. The van der Waals surface area contributed by atoms with Gasteiger partial charge < -0.3 is 5.32 Å². The highest BCUT2D eigenvalue weighted by atomic mass is 32.2. The predicted octanol–water partition coefficient (Wildman–Crippen LogP) is 2.71. The summed E-state index contributed by atoms with van der Waals surface area (Å²) in [5.41, 5.74) is 0. The minimum Gasteiger partial charge on any atom is -0.310 e. The summed E-state index contributed by atoms with van der Waals surface area (Å²) in [7, 11) is -3.33. The fourth-order valence-corrected chi connectivity index (χ4v) is 4.77. The fraction of sp³-hybridized carbons (Fsp3) is 0.714. The first-order valence-electron chi connectivity index (χ1n) is 7.28. The third-order valence-electron chi connectivity index (χ3n) is 3.66. The molecule has 0 spiro atoms. The van der Waals surface area contributed by atoms with Crippen LogP contribution < -0.4 is 10.0 Å². The molecule has 1 aliphatic carbocycles.